The highest BCUT2D eigenvalue weighted by Crippen LogP contribution is 2.37. The van der Waals surface area contributed by atoms with E-state index in [9.17, 15) is 14.0 Å². The Balaban J connectivity index is 1.48. The maximum absolute atomic E-state index is 14.5. The molecule has 0 radical (unpaired) electrons. The second-order valence-electron chi connectivity index (χ2n) is 9.34. The van der Waals surface area contributed by atoms with E-state index in [1.807, 2.05) is 25.1 Å². The smallest absolute Gasteiger partial charge is 0.255 e. The van der Waals surface area contributed by atoms with Crippen LogP contribution in [-0.2, 0) is 4.79 Å². The third-order valence-corrected chi connectivity index (χ3v) is 6.57. The van der Waals surface area contributed by atoms with Gasteiger partial charge in [0.1, 0.15) is 29.5 Å². The lowest BCUT2D eigenvalue weighted by molar-refractivity contribution is -0.128. The Kier molecular flexibility index (Phi) is 5.71. The summed E-state index contributed by atoms with van der Waals surface area (Å²) in [5.41, 5.74) is 4.59. The molecule has 1 aliphatic heterocycles. The third kappa shape index (κ3) is 4.22. The molecule has 0 bridgehead atoms. The van der Waals surface area contributed by atoms with Gasteiger partial charge in [0.15, 0.2) is 0 Å². The quantitative estimate of drug-likeness (QED) is 0.582. The molecule has 2 atom stereocenters. The average molecular weight is 466 g/mol. The van der Waals surface area contributed by atoms with Gasteiger partial charge in [-0.2, -0.15) is 0 Å². The maximum atomic E-state index is 14.5. The normalized spacial score (nSPS) is 20.1. The van der Waals surface area contributed by atoms with Gasteiger partial charge in [-0.3, -0.25) is 9.59 Å². The highest BCUT2D eigenvalue weighted by atomic mass is 19.1. The summed E-state index contributed by atoms with van der Waals surface area (Å²) in [6, 6.07) is 5.21. The number of carbonyl (C=O) groups excluding carboxylic acids is 2. The zero-order valence-corrected chi connectivity index (χ0v) is 19.5. The Morgan fingerprint density at radius 3 is 2.74 bits per heavy atom. The Hall–Kier alpha value is -3.49. The van der Waals surface area contributed by atoms with E-state index in [1.165, 1.54) is 31.0 Å². The van der Waals surface area contributed by atoms with E-state index in [0.29, 0.717) is 40.5 Å². The monoisotopic (exact) mass is 465 g/mol. The topological polar surface area (TPSA) is 100 Å². The summed E-state index contributed by atoms with van der Waals surface area (Å²) in [4.78, 5) is 38.4. The number of halogens is 1. The van der Waals surface area contributed by atoms with Gasteiger partial charge in [0.25, 0.3) is 5.91 Å². The molecule has 2 aliphatic rings. The first kappa shape index (κ1) is 22.3. The number of ether oxygens (including phenoxy) is 1. The molecule has 1 saturated carbocycles. The molecular formula is C25H28FN5O3. The van der Waals surface area contributed by atoms with Crippen molar-refractivity contribution in [2.24, 2.45) is 5.92 Å². The molecule has 178 valence electrons. The van der Waals surface area contributed by atoms with Crippen LogP contribution in [0, 0.1) is 19.8 Å². The number of nitrogens with one attached hydrogen (secondary N) is 2. The molecule has 1 aliphatic carbocycles. The van der Waals surface area contributed by atoms with Crippen LogP contribution in [0.5, 0.6) is 5.75 Å². The zero-order chi connectivity index (χ0) is 24.0. The number of benzene rings is 1. The standard InChI is InChI=1S/C25H28FN5O3/c1-13-4-7-20(34-11-16-5-6-16)17(8-13)22-24-23(28-12-27-22)21(14(2)29-24)25(33)30-19-10-31(15(3)32)9-18(19)26/h4,7-8,12,16,18-19,29H,5-6,9-11H2,1-3H3,(H,30,33)/t18-,19-/m0/s1. The van der Waals surface area contributed by atoms with Crippen LogP contribution >= 0.6 is 0 Å². The fourth-order valence-corrected chi connectivity index (χ4v) is 4.45. The lowest BCUT2D eigenvalue weighted by atomic mass is 10.1. The molecule has 1 aromatic carbocycles. The second-order valence-corrected chi connectivity index (χ2v) is 9.34. The van der Waals surface area contributed by atoms with Crippen LogP contribution in [0.3, 0.4) is 0 Å². The highest BCUT2D eigenvalue weighted by molar-refractivity contribution is 6.09. The second kappa shape index (κ2) is 8.70. The number of aromatic amines is 1. The third-order valence-electron chi connectivity index (χ3n) is 6.57. The molecule has 0 spiro atoms. The summed E-state index contributed by atoms with van der Waals surface area (Å²) in [6.45, 7) is 5.98. The van der Waals surface area contributed by atoms with Crippen molar-refractivity contribution in [3.05, 3.63) is 41.3 Å². The number of aromatic nitrogens is 3. The van der Waals surface area contributed by atoms with Crippen molar-refractivity contribution in [3.63, 3.8) is 0 Å². The number of H-pyrrole nitrogens is 1. The number of fused-ring (bicyclic) bond motifs is 1. The van der Waals surface area contributed by atoms with E-state index in [0.717, 1.165) is 16.9 Å². The number of amides is 2. The molecule has 5 rings (SSSR count). The van der Waals surface area contributed by atoms with E-state index in [4.69, 9.17) is 4.74 Å². The minimum Gasteiger partial charge on any atom is -0.493 e. The molecule has 2 N–H and O–H groups in total. The Morgan fingerprint density at radius 2 is 2.03 bits per heavy atom. The van der Waals surface area contributed by atoms with Crippen molar-refractivity contribution in [3.8, 4) is 17.0 Å². The number of hydrogen-bond acceptors (Lipinski definition) is 5. The van der Waals surface area contributed by atoms with Crippen LogP contribution in [0.25, 0.3) is 22.3 Å². The number of hydrogen-bond donors (Lipinski definition) is 2. The molecule has 34 heavy (non-hydrogen) atoms. The molecule has 2 fully saturated rings. The number of alkyl halides is 1. The van der Waals surface area contributed by atoms with Gasteiger partial charge in [0, 0.05) is 24.7 Å². The van der Waals surface area contributed by atoms with E-state index >= 15 is 0 Å². The van der Waals surface area contributed by atoms with Gasteiger partial charge in [-0.15, -0.1) is 0 Å². The molecule has 2 aromatic heterocycles. The molecule has 3 heterocycles. The van der Waals surface area contributed by atoms with E-state index < -0.39 is 18.1 Å². The summed E-state index contributed by atoms with van der Waals surface area (Å²) in [6.07, 6.45) is 2.50. The molecule has 1 saturated heterocycles. The molecule has 2 amide bonds. The Morgan fingerprint density at radius 1 is 1.24 bits per heavy atom. The molecular weight excluding hydrogens is 437 g/mol. The lowest BCUT2D eigenvalue weighted by Gasteiger charge is -2.15. The van der Waals surface area contributed by atoms with Gasteiger partial charge in [0.05, 0.1) is 30.3 Å². The van der Waals surface area contributed by atoms with Gasteiger partial charge in [-0.05, 0) is 44.7 Å². The number of aryl methyl sites for hydroxylation is 2. The predicted octanol–water partition coefficient (Wildman–Crippen LogP) is 3.33. The summed E-state index contributed by atoms with van der Waals surface area (Å²) < 4.78 is 20.6. The summed E-state index contributed by atoms with van der Waals surface area (Å²) >= 11 is 0. The number of likely N-dealkylation sites (tertiary alicyclic amines) is 1. The van der Waals surface area contributed by atoms with Crippen molar-refractivity contribution >= 4 is 22.8 Å². The van der Waals surface area contributed by atoms with Crippen molar-refractivity contribution in [1.29, 1.82) is 0 Å². The van der Waals surface area contributed by atoms with Crippen molar-refractivity contribution in [2.75, 3.05) is 19.7 Å². The summed E-state index contributed by atoms with van der Waals surface area (Å²) in [7, 11) is 0. The van der Waals surface area contributed by atoms with Crippen LogP contribution in [0.15, 0.2) is 24.5 Å². The average Bonchev–Trinajstić information content (AvgIpc) is 3.46. The Bertz CT molecular complexity index is 1270. The summed E-state index contributed by atoms with van der Waals surface area (Å²) in [5, 5.41) is 2.76. The largest absolute Gasteiger partial charge is 0.493 e. The van der Waals surface area contributed by atoms with E-state index in [1.54, 1.807) is 6.92 Å². The minimum absolute atomic E-state index is 0.0174. The number of carbonyl (C=O) groups is 2. The van der Waals surface area contributed by atoms with Gasteiger partial charge in [0.2, 0.25) is 5.91 Å². The number of nitrogens with zero attached hydrogens (tertiary/aromatic N) is 3. The first-order valence-corrected chi connectivity index (χ1v) is 11.6. The van der Waals surface area contributed by atoms with Crippen molar-refractivity contribution in [2.45, 2.75) is 45.8 Å². The van der Waals surface area contributed by atoms with Gasteiger partial charge >= 0.3 is 0 Å². The highest BCUT2D eigenvalue weighted by Gasteiger charge is 2.36. The summed E-state index contributed by atoms with van der Waals surface area (Å²) in [5.74, 6) is 0.710. The molecule has 9 heteroatoms. The van der Waals surface area contributed by atoms with Crippen LogP contribution < -0.4 is 10.1 Å². The van der Waals surface area contributed by atoms with E-state index in [-0.39, 0.29) is 19.0 Å². The Labute approximate surface area is 196 Å². The fraction of sp³-hybridized carbons (Fsp3) is 0.440. The zero-order valence-electron chi connectivity index (χ0n) is 19.5. The fourth-order valence-electron chi connectivity index (χ4n) is 4.45. The van der Waals surface area contributed by atoms with Gasteiger partial charge in [-0.25, -0.2) is 14.4 Å². The number of rotatable bonds is 6. The van der Waals surface area contributed by atoms with E-state index in [2.05, 4.69) is 20.3 Å². The first-order valence-electron chi connectivity index (χ1n) is 11.6. The van der Waals surface area contributed by atoms with Crippen LogP contribution in [0.1, 0.15) is 41.4 Å². The predicted molar refractivity (Wildman–Crippen MR) is 125 cm³/mol. The van der Waals surface area contributed by atoms with Gasteiger partial charge in [-0.1, -0.05) is 11.6 Å². The van der Waals surface area contributed by atoms with Crippen molar-refractivity contribution in [1.82, 2.24) is 25.2 Å². The molecule has 8 nitrogen and oxygen atoms in total. The van der Waals surface area contributed by atoms with Crippen LogP contribution in [0.4, 0.5) is 4.39 Å². The minimum atomic E-state index is -1.32. The van der Waals surface area contributed by atoms with Crippen LogP contribution in [-0.4, -0.2) is 63.6 Å². The van der Waals surface area contributed by atoms with Gasteiger partial charge < -0.3 is 19.9 Å². The van der Waals surface area contributed by atoms with Crippen LogP contribution in [0.2, 0.25) is 0 Å². The SMILES string of the molecule is CC(=O)N1C[C@H](NC(=O)c2c(C)[nH]c3c(-c4cc(C)ccc4OCC4CC4)ncnc23)[C@@H](F)C1. The molecule has 3 aromatic rings. The van der Waals surface area contributed by atoms with Crippen molar-refractivity contribution < 1.29 is 18.7 Å². The maximum Gasteiger partial charge on any atom is 0.255 e. The first-order chi connectivity index (χ1) is 16.3. The lowest BCUT2D eigenvalue weighted by Crippen LogP contribution is -2.41. The molecule has 0 unspecified atom stereocenters.